The average molecular weight is 382 g/mol. The summed E-state index contributed by atoms with van der Waals surface area (Å²) in [7, 11) is 1.68. The number of carbonyl (C=O) groups is 1. The van der Waals surface area contributed by atoms with Crippen molar-refractivity contribution in [1.29, 1.82) is 0 Å². The van der Waals surface area contributed by atoms with Crippen LogP contribution in [0.15, 0.2) is 52.4 Å². The fourth-order valence-corrected chi connectivity index (χ4v) is 3.49. The molecule has 2 aromatic carbocycles. The lowest BCUT2D eigenvalue weighted by atomic mass is 10.2. The second kappa shape index (κ2) is 8.31. The number of amides is 1. The van der Waals surface area contributed by atoms with E-state index in [-0.39, 0.29) is 11.7 Å². The zero-order valence-electron chi connectivity index (χ0n) is 15.6. The van der Waals surface area contributed by atoms with E-state index in [4.69, 9.17) is 4.74 Å². The van der Waals surface area contributed by atoms with Gasteiger partial charge in [0.05, 0.1) is 11.5 Å². The molecule has 1 N–H and O–H groups in total. The van der Waals surface area contributed by atoms with Crippen LogP contribution in [0.25, 0.3) is 6.08 Å². The third-order valence-corrected chi connectivity index (χ3v) is 5.06. The molecule has 3 rings (SSSR count). The first kappa shape index (κ1) is 19.0. The summed E-state index contributed by atoms with van der Waals surface area (Å²) in [5.41, 5.74) is 2.32. The number of aliphatic imine (C=N–C) groups is 1. The highest BCUT2D eigenvalue weighted by Gasteiger charge is 2.30. The van der Waals surface area contributed by atoms with Crippen molar-refractivity contribution in [3.8, 4) is 11.5 Å². The van der Waals surface area contributed by atoms with Crippen molar-refractivity contribution in [2.24, 2.45) is 4.99 Å². The highest BCUT2D eigenvalue weighted by molar-refractivity contribution is 8.18. The highest BCUT2D eigenvalue weighted by Crippen LogP contribution is 2.35. The van der Waals surface area contributed by atoms with Crippen molar-refractivity contribution in [3.05, 3.63) is 58.5 Å². The number of aromatic hydroxyl groups is 1. The number of aryl methyl sites for hydroxylation is 1. The number of hydrogen-bond acceptors (Lipinski definition) is 5. The summed E-state index contributed by atoms with van der Waals surface area (Å²) < 4.78 is 5.58. The van der Waals surface area contributed by atoms with Gasteiger partial charge in [-0.2, -0.15) is 0 Å². The third-order valence-electron chi connectivity index (χ3n) is 4.00. The molecule has 140 valence electrons. The fourth-order valence-electron chi connectivity index (χ4n) is 2.51. The Morgan fingerprint density at radius 2 is 1.96 bits per heavy atom. The predicted octanol–water partition coefficient (Wildman–Crippen LogP) is 4.72. The highest BCUT2D eigenvalue weighted by atomic mass is 32.2. The number of ether oxygens (including phenoxy) is 1. The lowest BCUT2D eigenvalue weighted by Crippen LogP contribution is -2.23. The van der Waals surface area contributed by atoms with Crippen molar-refractivity contribution in [3.63, 3.8) is 0 Å². The number of nitrogens with zero attached hydrogens (tertiary/aromatic N) is 2. The Labute approximate surface area is 163 Å². The van der Waals surface area contributed by atoms with Crippen LogP contribution in [0.4, 0.5) is 5.69 Å². The number of amidine groups is 1. The molecule has 0 atom stereocenters. The van der Waals surface area contributed by atoms with Gasteiger partial charge in [0, 0.05) is 7.05 Å². The molecule has 0 aliphatic carbocycles. The quantitative estimate of drug-likeness (QED) is 0.760. The van der Waals surface area contributed by atoms with E-state index in [2.05, 4.69) is 11.9 Å². The maximum atomic E-state index is 12.5. The zero-order chi connectivity index (χ0) is 19.4. The summed E-state index contributed by atoms with van der Waals surface area (Å²) in [5, 5.41) is 10.6. The minimum atomic E-state index is -0.114. The lowest BCUT2D eigenvalue weighted by molar-refractivity contribution is -0.121. The van der Waals surface area contributed by atoms with Gasteiger partial charge in [-0.25, -0.2) is 4.99 Å². The maximum absolute atomic E-state index is 12.5. The molecular formula is C21H22N2O3S. The molecule has 6 heteroatoms. The van der Waals surface area contributed by atoms with Crippen LogP contribution >= 0.6 is 11.8 Å². The molecule has 1 fully saturated rings. The Morgan fingerprint density at radius 1 is 1.22 bits per heavy atom. The monoisotopic (exact) mass is 382 g/mol. The van der Waals surface area contributed by atoms with Crippen LogP contribution in [-0.4, -0.2) is 34.7 Å². The summed E-state index contributed by atoms with van der Waals surface area (Å²) in [6, 6.07) is 12.9. The molecule has 0 bridgehead atoms. The van der Waals surface area contributed by atoms with Crippen molar-refractivity contribution in [1.82, 2.24) is 4.90 Å². The molecule has 1 heterocycles. The Morgan fingerprint density at radius 3 is 2.63 bits per heavy atom. The first-order valence-electron chi connectivity index (χ1n) is 8.76. The molecule has 1 aliphatic rings. The summed E-state index contributed by atoms with van der Waals surface area (Å²) in [6.07, 6.45) is 2.80. The van der Waals surface area contributed by atoms with Crippen molar-refractivity contribution < 1.29 is 14.6 Å². The van der Waals surface area contributed by atoms with Crippen LogP contribution in [0.1, 0.15) is 24.5 Å². The van der Waals surface area contributed by atoms with Gasteiger partial charge in [-0.15, -0.1) is 0 Å². The first-order valence-corrected chi connectivity index (χ1v) is 9.58. The van der Waals surface area contributed by atoms with Crippen LogP contribution in [0.2, 0.25) is 0 Å². The van der Waals surface area contributed by atoms with E-state index in [9.17, 15) is 9.90 Å². The van der Waals surface area contributed by atoms with Gasteiger partial charge < -0.3 is 9.84 Å². The molecule has 0 radical (unpaired) electrons. The van der Waals surface area contributed by atoms with E-state index in [1.807, 2.05) is 43.3 Å². The van der Waals surface area contributed by atoms with Crippen LogP contribution in [-0.2, 0) is 4.79 Å². The van der Waals surface area contributed by atoms with Crippen LogP contribution in [0.5, 0.6) is 11.5 Å². The SMILES string of the molecule is CCCOc1ccc(/C=C2\SC(=Nc3ccc(C)cc3O)N(C)C2=O)cc1. The molecule has 0 spiro atoms. The van der Waals surface area contributed by atoms with Crippen LogP contribution in [0.3, 0.4) is 0 Å². The van der Waals surface area contributed by atoms with E-state index in [0.717, 1.165) is 23.3 Å². The standard InChI is InChI=1S/C21H22N2O3S/c1-4-11-26-16-8-6-15(7-9-16)13-19-20(25)23(3)21(27-19)22-17-10-5-14(2)12-18(17)24/h5-10,12-13,24H,4,11H2,1-3H3/b19-13-,22-21?. The third kappa shape index (κ3) is 4.52. The summed E-state index contributed by atoms with van der Waals surface area (Å²) in [6.45, 7) is 4.65. The minimum absolute atomic E-state index is 0.101. The van der Waals surface area contributed by atoms with Crippen LogP contribution in [0, 0.1) is 6.92 Å². The van der Waals surface area contributed by atoms with Gasteiger partial charge in [0.25, 0.3) is 5.91 Å². The Hall–Kier alpha value is -2.73. The first-order chi connectivity index (χ1) is 13.0. The van der Waals surface area contributed by atoms with E-state index >= 15 is 0 Å². The molecule has 0 saturated carbocycles. The molecule has 1 aliphatic heterocycles. The summed E-state index contributed by atoms with van der Waals surface area (Å²) in [5.74, 6) is 0.805. The van der Waals surface area contributed by atoms with Crippen molar-refractivity contribution in [2.45, 2.75) is 20.3 Å². The van der Waals surface area contributed by atoms with Gasteiger partial charge in [0.1, 0.15) is 17.2 Å². The normalized spacial score (nSPS) is 17.1. The molecule has 1 saturated heterocycles. The smallest absolute Gasteiger partial charge is 0.266 e. The molecule has 1 amide bonds. The molecule has 0 unspecified atom stereocenters. The number of phenolic OH excluding ortho intramolecular Hbond substituents is 1. The zero-order valence-corrected chi connectivity index (χ0v) is 16.4. The largest absolute Gasteiger partial charge is 0.506 e. The number of rotatable bonds is 5. The van der Waals surface area contributed by atoms with Gasteiger partial charge >= 0.3 is 0 Å². The van der Waals surface area contributed by atoms with Gasteiger partial charge in [0.15, 0.2) is 5.17 Å². The fraction of sp³-hybridized carbons (Fsp3) is 0.238. The lowest BCUT2D eigenvalue weighted by Gasteiger charge is -2.08. The predicted molar refractivity (Wildman–Crippen MR) is 111 cm³/mol. The topological polar surface area (TPSA) is 62.1 Å². The maximum Gasteiger partial charge on any atom is 0.266 e. The Kier molecular flexibility index (Phi) is 5.86. The van der Waals surface area contributed by atoms with Gasteiger partial charge in [-0.3, -0.25) is 9.69 Å². The molecule has 0 aromatic heterocycles. The number of benzene rings is 2. The second-order valence-corrected chi connectivity index (χ2v) is 7.29. The second-order valence-electron chi connectivity index (χ2n) is 6.28. The van der Waals surface area contributed by atoms with E-state index in [1.165, 1.54) is 16.7 Å². The van der Waals surface area contributed by atoms with E-state index in [1.54, 1.807) is 19.2 Å². The van der Waals surface area contributed by atoms with Crippen LogP contribution < -0.4 is 4.74 Å². The number of phenols is 1. The Bertz CT molecular complexity index is 904. The number of thioether (sulfide) groups is 1. The Balaban J connectivity index is 1.80. The molecule has 5 nitrogen and oxygen atoms in total. The van der Waals surface area contributed by atoms with Crippen molar-refractivity contribution in [2.75, 3.05) is 13.7 Å². The van der Waals surface area contributed by atoms with Gasteiger partial charge in [-0.05, 0) is 66.6 Å². The molecule has 2 aromatic rings. The summed E-state index contributed by atoms with van der Waals surface area (Å²) in [4.78, 5) is 19.1. The van der Waals surface area contributed by atoms with E-state index < -0.39 is 0 Å². The average Bonchev–Trinajstić information content (AvgIpc) is 2.91. The number of likely N-dealkylation sites (N-methyl/N-ethyl adjacent to an activating group) is 1. The minimum Gasteiger partial charge on any atom is -0.506 e. The van der Waals surface area contributed by atoms with E-state index in [0.29, 0.717) is 22.4 Å². The molecular weight excluding hydrogens is 360 g/mol. The number of carbonyl (C=O) groups excluding carboxylic acids is 1. The van der Waals surface area contributed by atoms with Gasteiger partial charge in [-0.1, -0.05) is 25.1 Å². The van der Waals surface area contributed by atoms with Gasteiger partial charge in [0.2, 0.25) is 0 Å². The summed E-state index contributed by atoms with van der Waals surface area (Å²) >= 11 is 1.29. The van der Waals surface area contributed by atoms with Crippen molar-refractivity contribution >= 4 is 34.6 Å². The number of hydrogen-bond donors (Lipinski definition) is 1. The molecule has 27 heavy (non-hydrogen) atoms.